The fraction of sp³-hybridized carbons (Fsp3) is 1.00. The van der Waals surface area contributed by atoms with Crippen molar-refractivity contribution in [1.82, 2.24) is 5.32 Å². The topological polar surface area (TPSA) is 32.3 Å². The van der Waals surface area contributed by atoms with Crippen molar-refractivity contribution >= 4 is 11.8 Å². The van der Waals surface area contributed by atoms with E-state index in [9.17, 15) is 0 Å². The summed E-state index contributed by atoms with van der Waals surface area (Å²) in [6.45, 7) is 4.80. The van der Waals surface area contributed by atoms with Crippen LogP contribution in [0.3, 0.4) is 0 Å². The average molecular weight is 205 g/mol. The number of hydrogen-bond donors (Lipinski definition) is 2. The normalized spacial score (nSPS) is 13.6. The van der Waals surface area contributed by atoms with Crippen LogP contribution in [-0.4, -0.2) is 36.3 Å². The molecule has 1 atom stereocenters. The van der Waals surface area contributed by atoms with Gasteiger partial charge in [0.25, 0.3) is 0 Å². The Kier molecular flexibility index (Phi) is 9.03. The second-order valence-electron chi connectivity index (χ2n) is 3.76. The van der Waals surface area contributed by atoms with Crippen molar-refractivity contribution in [3.8, 4) is 0 Å². The summed E-state index contributed by atoms with van der Waals surface area (Å²) in [5.74, 6) is 3.16. The van der Waals surface area contributed by atoms with Crippen molar-refractivity contribution < 1.29 is 5.11 Å². The molecule has 0 spiro atoms. The van der Waals surface area contributed by atoms with Crippen LogP contribution in [-0.2, 0) is 0 Å². The monoisotopic (exact) mass is 205 g/mol. The zero-order valence-corrected chi connectivity index (χ0v) is 9.86. The van der Waals surface area contributed by atoms with Gasteiger partial charge in [-0.05, 0) is 31.6 Å². The molecule has 0 bridgehead atoms. The number of nitrogens with one attached hydrogen (secondary N) is 1. The van der Waals surface area contributed by atoms with E-state index in [1.807, 2.05) is 18.8 Å². The van der Waals surface area contributed by atoms with Crippen LogP contribution in [0, 0.1) is 5.92 Å². The molecule has 0 aromatic heterocycles. The van der Waals surface area contributed by atoms with Gasteiger partial charge in [0.15, 0.2) is 0 Å². The molecule has 3 heteroatoms. The van der Waals surface area contributed by atoms with Crippen LogP contribution >= 0.6 is 11.8 Å². The van der Waals surface area contributed by atoms with Crippen molar-refractivity contribution in [3.63, 3.8) is 0 Å². The highest BCUT2D eigenvalue weighted by molar-refractivity contribution is 7.99. The van der Waals surface area contributed by atoms with E-state index in [0.29, 0.717) is 6.04 Å². The van der Waals surface area contributed by atoms with Gasteiger partial charge < -0.3 is 10.4 Å². The maximum atomic E-state index is 8.76. The molecule has 0 radical (unpaired) electrons. The van der Waals surface area contributed by atoms with Gasteiger partial charge in [-0.25, -0.2) is 0 Å². The maximum Gasteiger partial charge on any atom is 0.0446 e. The lowest BCUT2D eigenvalue weighted by atomic mass is 10.2. The van der Waals surface area contributed by atoms with E-state index in [0.717, 1.165) is 18.1 Å². The maximum absolute atomic E-state index is 8.76. The number of rotatable bonds is 8. The predicted octanol–water partition coefficient (Wildman–Crippen LogP) is 1.74. The number of aliphatic hydroxyl groups is 1. The van der Waals surface area contributed by atoms with Crippen LogP contribution in [0.2, 0.25) is 0 Å². The molecule has 1 unspecified atom stereocenters. The van der Waals surface area contributed by atoms with Crippen LogP contribution in [0.15, 0.2) is 0 Å². The largest absolute Gasteiger partial charge is 0.396 e. The highest BCUT2D eigenvalue weighted by Gasteiger charge is 2.04. The second-order valence-corrected chi connectivity index (χ2v) is 4.91. The van der Waals surface area contributed by atoms with Crippen LogP contribution in [0.25, 0.3) is 0 Å². The molecule has 80 valence electrons. The first kappa shape index (κ1) is 13.3. The molecule has 0 aliphatic heterocycles. The van der Waals surface area contributed by atoms with Crippen LogP contribution in [0.1, 0.15) is 26.7 Å². The van der Waals surface area contributed by atoms with Crippen molar-refractivity contribution in [2.75, 3.05) is 25.2 Å². The Balaban J connectivity index is 3.27. The van der Waals surface area contributed by atoms with Gasteiger partial charge in [-0.3, -0.25) is 0 Å². The first-order chi connectivity index (χ1) is 6.20. The first-order valence-electron chi connectivity index (χ1n) is 5.06. The molecular weight excluding hydrogens is 182 g/mol. The summed E-state index contributed by atoms with van der Waals surface area (Å²) in [5, 5.41) is 12.0. The quantitative estimate of drug-likeness (QED) is 0.592. The van der Waals surface area contributed by atoms with Gasteiger partial charge in [-0.1, -0.05) is 13.8 Å². The predicted molar refractivity (Wildman–Crippen MR) is 61.3 cm³/mol. The van der Waals surface area contributed by atoms with Gasteiger partial charge in [0.05, 0.1) is 0 Å². The van der Waals surface area contributed by atoms with Crippen molar-refractivity contribution in [2.45, 2.75) is 32.7 Å². The molecule has 0 rings (SSSR count). The highest BCUT2D eigenvalue weighted by Crippen LogP contribution is 2.10. The molecule has 13 heavy (non-hydrogen) atoms. The molecular formula is C10H23NOS. The Bertz CT molecular complexity index is 109. The Morgan fingerprint density at radius 3 is 2.46 bits per heavy atom. The minimum atomic E-state index is 0.288. The summed E-state index contributed by atoms with van der Waals surface area (Å²) in [5.41, 5.74) is 0. The third-order valence-electron chi connectivity index (χ3n) is 2.04. The first-order valence-corrected chi connectivity index (χ1v) is 6.22. The number of thioether (sulfide) groups is 1. The zero-order valence-electron chi connectivity index (χ0n) is 9.05. The van der Waals surface area contributed by atoms with Crippen molar-refractivity contribution in [1.29, 1.82) is 0 Å². The molecule has 0 aliphatic rings. The van der Waals surface area contributed by atoms with E-state index in [1.165, 1.54) is 12.2 Å². The third-order valence-corrected chi connectivity index (χ3v) is 3.21. The summed E-state index contributed by atoms with van der Waals surface area (Å²) in [4.78, 5) is 0. The lowest BCUT2D eigenvalue weighted by Crippen LogP contribution is -2.28. The molecule has 0 aliphatic carbocycles. The van der Waals surface area contributed by atoms with Crippen LogP contribution in [0.4, 0.5) is 0 Å². The molecule has 0 aromatic carbocycles. The van der Waals surface area contributed by atoms with Gasteiger partial charge in [-0.15, -0.1) is 0 Å². The van der Waals surface area contributed by atoms with E-state index in [4.69, 9.17) is 5.11 Å². The third kappa shape index (κ3) is 8.60. The fourth-order valence-electron chi connectivity index (χ4n) is 1.01. The highest BCUT2D eigenvalue weighted by atomic mass is 32.2. The lowest BCUT2D eigenvalue weighted by molar-refractivity contribution is 0.273. The van der Waals surface area contributed by atoms with Crippen LogP contribution < -0.4 is 5.32 Å². The molecule has 0 fully saturated rings. The van der Waals surface area contributed by atoms with Crippen molar-refractivity contribution in [2.24, 2.45) is 5.92 Å². The summed E-state index contributed by atoms with van der Waals surface area (Å²) in [7, 11) is 1.96. The molecule has 2 N–H and O–H groups in total. The Morgan fingerprint density at radius 1 is 1.31 bits per heavy atom. The van der Waals surface area contributed by atoms with Crippen molar-refractivity contribution in [3.05, 3.63) is 0 Å². The Hall–Kier alpha value is 0.270. The molecule has 2 nitrogen and oxygen atoms in total. The van der Waals surface area contributed by atoms with Gasteiger partial charge in [0.2, 0.25) is 0 Å². The van der Waals surface area contributed by atoms with E-state index in [-0.39, 0.29) is 6.61 Å². The van der Waals surface area contributed by atoms with E-state index in [1.54, 1.807) is 0 Å². The van der Waals surface area contributed by atoms with Gasteiger partial charge in [0.1, 0.15) is 0 Å². The van der Waals surface area contributed by atoms with E-state index in [2.05, 4.69) is 19.2 Å². The second kappa shape index (κ2) is 8.85. The standard InChI is InChI=1S/C10H23NOS/c1-9(2)5-7-13-8-10(11-3)4-6-12/h9-12H,4-8H2,1-3H3. The summed E-state index contributed by atoms with van der Waals surface area (Å²) < 4.78 is 0. The zero-order chi connectivity index (χ0) is 10.1. The molecule has 0 heterocycles. The van der Waals surface area contributed by atoms with Crippen LogP contribution in [0.5, 0.6) is 0 Å². The Labute approximate surface area is 86.5 Å². The van der Waals surface area contributed by atoms with Gasteiger partial charge in [-0.2, -0.15) is 11.8 Å². The summed E-state index contributed by atoms with van der Waals surface area (Å²) in [6, 6.07) is 0.474. The summed E-state index contributed by atoms with van der Waals surface area (Å²) in [6.07, 6.45) is 2.16. The number of hydrogen-bond acceptors (Lipinski definition) is 3. The Morgan fingerprint density at radius 2 is 2.00 bits per heavy atom. The van der Waals surface area contributed by atoms with E-state index >= 15 is 0 Å². The van der Waals surface area contributed by atoms with E-state index < -0.39 is 0 Å². The molecule has 0 aromatic rings. The minimum Gasteiger partial charge on any atom is -0.396 e. The minimum absolute atomic E-state index is 0.288. The number of aliphatic hydroxyl groups excluding tert-OH is 1. The SMILES string of the molecule is CNC(CCO)CSCCC(C)C. The average Bonchev–Trinajstić information content (AvgIpc) is 2.10. The summed E-state index contributed by atoms with van der Waals surface area (Å²) >= 11 is 1.98. The molecule has 0 saturated heterocycles. The lowest BCUT2D eigenvalue weighted by Gasteiger charge is -2.14. The smallest absolute Gasteiger partial charge is 0.0446 e. The molecule has 0 saturated carbocycles. The van der Waals surface area contributed by atoms with Gasteiger partial charge >= 0.3 is 0 Å². The molecule has 0 amide bonds. The fourth-order valence-corrected chi connectivity index (χ4v) is 2.43. The van der Waals surface area contributed by atoms with Gasteiger partial charge in [0, 0.05) is 18.4 Å².